The molecule has 4 heteroatoms. The molecule has 0 aliphatic heterocycles. The highest BCUT2D eigenvalue weighted by molar-refractivity contribution is 5.87. The maximum atomic E-state index is 10.8. The Morgan fingerprint density at radius 2 is 2.00 bits per heavy atom. The predicted molar refractivity (Wildman–Crippen MR) is 43.2 cm³/mol. The quantitative estimate of drug-likeness (QED) is 0.364. The van der Waals surface area contributed by atoms with Gasteiger partial charge >= 0.3 is 5.97 Å². The van der Waals surface area contributed by atoms with E-state index >= 15 is 0 Å². The highest BCUT2D eigenvalue weighted by Crippen LogP contribution is 2.10. The van der Waals surface area contributed by atoms with Crippen LogP contribution in [0.3, 0.4) is 0 Å². The molecule has 0 heterocycles. The van der Waals surface area contributed by atoms with Crippen molar-refractivity contribution in [1.82, 2.24) is 0 Å². The van der Waals surface area contributed by atoms with Crippen molar-refractivity contribution in [2.24, 2.45) is 0 Å². The molecule has 0 radical (unpaired) electrons. The van der Waals surface area contributed by atoms with Crippen molar-refractivity contribution in [2.45, 2.75) is 32.7 Å². The van der Waals surface area contributed by atoms with E-state index in [4.69, 9.17) is 10.2 Å². The third-order valence-corrected chi connectivity index (χ3v) is 1.17. The van der Waals surface area contributed by atoms with Crippen molar-refractivity contribution in [1.29, 1.82) is 0 Å². The molecule has 0 saturated heterocycles. The molecule has 0 bridgehead atoms. The molecule has 0 aromatic carbocycles. The summed E-state index contributed by atoms with van der Waals surface area (Å²) in [6.07, 6.45) is -1.53. The van der Waals surface area contributed by atoms with E-state index in [1.54, 1.807) is 0 Å². The number of aliphatic hydroxyl groups is 2. The molecule has 1 atom stereocenters. The van der Waals surface area contributed by atoms with Gasteiger partial charge in [-0.05, 0) is 20.8 Å². The van der Waals surface area contributed by atoms with E-state index in [1.165, 1.54) is 20.8 Å². The van der Waals surface area contributed by atoms with Crippen LogP contribution >= 0.6 is 0 Å². The van der Waals surface area contributed by atoms with Crippen LogP contribution in [0.5, 0.6) is 0 Å². The van der Waals surface area contributed by atoms with E-state index in [9.17, 15) is 4.79 Å². The summed E-state index contributed by atoms with van der Waals surface area (Å²) in [5, 5.41) is 18.2. The van der Waals surface area contributed by atoms with E-state index in [0.29, 0.717) is 0 Å². The normalized spacial score (nSPS) is 13.8. The zero-order valence-electron chi connectivity index (χ0n) is 7.50. The average Bonchev–Trinajstić information content (AvgIpc) is 1.85. The molecule has 0 aliphatic rings. The van der Waals surface area contributed by atoms with Gasteiger partial charge in [0.25, 0.3) is 0 Å². The van der Waals surface area contributed by atoms with Gasteiger partial charge in [-0.15, -0.1) is 0 Å². The van der Waals surface area contributed by atoms with Gasteiger partial charge in [-0.2, -0.15) is 0 Å². The van der Waals surface area contributed by atoms with Crippen molar-refractivity contribution in [2.75, 3.05) is 0 Å². The maximum Gasteiger partial charge on any atom is 0.335 e. The Morgan fingerprint density at radius 1 is 1.58 bits per heavy atom. The third kappa shape index (κ3) is 3.50. The molecule has 70 valence electrons. The number of carbonyl (C=O) groups excluding carboxylic acids is 1. The SMILES string of the molecule is C=C(C)C(=O)OC(O)C(C)(C)O. The van der Waals surface area contributed by atoms with Gasteiger partial charge in [0.2, 0.25) is 6.29 Å². The number of hydrogen-bond donors (Lipinski definition) is 2. The monoisotopic (exact) mass is 174 g/mol. The minimum Gasteiger partial charge on any atom is -0.429 e. The smallest absolute Gasteiger partial charge is 0.335 e. The summed E-state index contributed by atoms with van der Waals surface area (Å²) in [5.74, 6) is -0.718. The van der Waals surface area contributed by atoms with Crippen LogP contribution in [-0.2, 0) is 9.53 Å². The molecular weight excluding hydrogens is 160 g/mol. The molecule has 0 amide bonds. The molecule has 2 N–H and O–H groups in total. The lowest BCUT2D eigenvalue weighted by atomic mass is 10.1. The Balaban J connectivity index is 4.11. The molecule has 4 nitrogen and oxygen atoms in total. The standard InChI is InChI=1S/C8H14O4/c1-5(2)6(9)12-7(10)8(3,4)11/h7,10-11H,1H2,2-4H3. The van der Waals surface area contributed by atoms with Gasteiger partial charge in [0, 0.05) is 5.57 Å². The summed E-state index contributed by atoms with van der Waals surface area (Å²) in [6.45, 7) is 7.45. The predicted octanol–water partition coefficient (Wildman–Crippen LogP) is 0.195. The number of esters is 1. The number of ether oxygens (including phenoxy) is 1. The average molecular weight is 174 g/mol. The van der Waals surface area contributed by atoms with Gasteiger partial charge in [0.1, 0.15) is 5.60 Å². The molecule has 0 aliphatic carbocycles. The van der Waals surface area contributed by atoms with Gasteiger partial charge in [-0.25, -0.2) is 4.79 Å². The van der Waals surface area contributed by atoms with E-state index in [-0.39, 0.29) is 5.57 Å². The highest BCUT2D eigenvalue weighted by Gasteiger charge is 2.28. The molecule has 0 saturated carbocycles. The number of rotatable bonds is 3. The van der Waals surface area contributed by atoms with Crippen LogP contribution in [0.25, 0.3) is 0 Å². The highest BCUT2D eigenvalue weighted by atomic mass is 16.6. The number of aliphatic hydroxyl groups excluding tert-OH is 1. The number of carbonyl (C=O) groups is 1. The largest absolute Gasteiger partial charge is 0.429 e. The van der Waals surface area contributed by atoms with Crippen LogP contribution in [0.4, 0.5) is 0 Å². The van der Waals surface area contributed by atoms with Crippen molar-refractivity contribution in [3.63, 3.8) is 0 Å². The third-order valence-electron chi connectivity index (χ3n) is 1.17. The first-order valence-electron chi connectivity index (χ1n) is 3.52. The topological polar surface area (TPSA) is 66.8 Å². The first-order valence-corrected chi connectivity index (χ1v) is 3.52. The second-order valence-corrected chi connectivity index (χ2v) is 3.19. The Labute approximate surface area is 71.5 Å². The van der Waals surface area contributed by atoms with E-state index < -0.39 is 17.9 Å². The molecule has 0 rings (SSSR count). The fraction of sp³-hybridized carbons (Fsp3) is 0.625. The van der Waals surface area contributed by atoms with Gasteiger partial charge in [0.05, 0.1) is 0 Å². The summed E-state index contributed by atoms with van der Waals surface area (Å²) in [5.41, 5.74) is -1.27. The molecule has 0 aromatic heterocycles. The van der Waals surface area contributed by atoms with Crippen LogP contribution in [-0.4, -0.2) is 28.1 Å². The molecule has 12 heavy (non-hydrogen) atoms. The van der Waals surface area contributed by atoms with E-state index in [0.717, 1.165) is 0 Å². The van der Waals surface area contributed by atoms with Gasteiger partial charge in [-0.1, -0.05) is 6.58 Å². The van der Waals surface area contributed by atoms with E-state index in [1.807, 2.05) is 0 Å². The Morgan fingerprint density at radius 3 is 2.25 bits per heavy atom. The minimum atomic E-state index is -1.53. The van der Waals surface area contributed by atoms with E-state index in [2.05, 4.69) is 11.3 Å². The van der Waals surface area contributed by atoms with Crippen molar-refractivity contribution < 1.29 is 19.7 Å². The lowest BCUT2D eigenvalue weighted by Crippen LogP contribution is -2.39. The molecule has 1 unspecified atom stereocenters. The van der Waals surface area contributed by atoms with Gasteiger partial charge in [0.15, 0.2) is 0 Å². The van der Waals surface area contributed by atoms with Crippen LogP contribution in [0, 0.1) is 0 Å². The Bertz CT molecular complexity index is 190. The maximum absolute atomic E-state index is 10.8. The summed E-state index contributed by atoms with van der Waals surface area (Å²) in [4.78, 5) is 10.8. The van der Waals surface area contributed by atoms with Crippen LogP contribution in [0.15, 0.2) is 12.2 Å². The van der Waals surface area contributed by atoms with Crippen molar-refractivity contribution in [3.8, 4) is 0 Å². The fourth-order valence-electron chi connectivity index (χ4n) is 0.346. The minimum absolute atomic E-state index is 0.179. The molecule has 0 spiro atoms. The zero-order valence-corrected chi connectivity index (χ0v) is 7.50. The van der Waals surface area contributed by atoms with Crippen LogP contribution in [0.2, 0.25) is 0 Å². The summed E-state index contributed by atoms with van der Waals surface area (Å²) < 4.78 is 4.44. The second-order valence-electron chi connectivity index (χ2n) is 3.19. The lowest BCUT2D eigenvalue weighted by Gasteiger charge is -2.23. The molecule has 0 fully saturated rings. The van der Waals surface area contributed by atoms with Gasteiger partial charge in [-0.3, -0.25) is 0 Å². The first kappa shape index (κ1) is 11.1. The molecular formula is C8H14O4. The summed E-state index contributed by atoms with van der Waals surface area (Å²) in [6, 6.07) is 0. The van der Waals surface area contributed by atoms with Crippen molar-refractivity contribution in [3.05, 3.63) is 12.2 Å². The Hall–Kier alpha value is -0.870. The lowest BCUT2D eigenvalue weighted by molar-refractivity contribution is -0.202. The summed E-state index contributed by atoms with van der Waals surface area (Å²) >= 11 is 0. The van der Waals surface area contributed by atoms with Crippen LogP contribution in [0.1, 0.15) is 20.8 Å². The Kier molecular flexibility index (Phi) is 3.42. The zero-order chi connectivity index (χ0) is 9.94. The van der Waals surface area contributed by atoms with Crippen molar-refractivity contribution >= 4 is 5.97 Å². The van der Waals surface area contributed by atoms with Gasteiger partial charge < -0.3 is 14.9 Å². The molecule has 0 aromatic rings. The second kappa shape index (κ2) is 3.69. The van der Waals surface area contributed by atoms with Crippen LogP contribution < -0.4 is 0 Å². The summed E-state index contributed by atoms with van der Waals surface area (Å²) in [7, 11) is 0. The fourth-order valence-corrected chi connectivity index (χ4v) is 0.346. The number of hydrogen-bond acceptors (Lipinski definition) is 4. The first-order chi connectivity index (χ1) is 5.25.